The molecule has 1 saturated carbocycles. The number of allylic oxidation sites excluding steroid dienone is 2. The third kappa shape index (κ3) is 2.98. The summed E-state index contributed by atoms with van der Waals surface area (Å²) in [6.07, 6.45) is 9.83. The van der Waals surface area contributed by atoms with E-state index in [0.29, 0.717) is 12.3 Å². The summed E-state index contributed by atoms with van der Waals surface area (Å²) in [5.41, 5.74) is 4.10. The van der Waals surface area contributed by atoms with Gasteiger partial charge in [0, 0.05) is 12.1 Å². The first-order valence-corrected chi connectivity index (χ1v) is 8.84. The van der Waals surface area contributed by atoms with Crippen molar-refractivity contribution in [2.75, 3.05) is 0 Å². The lowest BCUT2D eigenvalue weighted by Gasteiger charge is -2.51. The minimum absolute atomic E-state index is 0.120. The summed E-state index contributed by atoms with van der Waals surface area (Å²) in [4.78, 5) is 12.4. The highest BCUT2D eigenvalue weighted by Crippen LogP contribution is 2.57. The molecular formula is C20H29NO2. The van der Waals surface area contributed by atoms with E-state index in [9.17, 15) is 4.79 Å². The second-order valence-corrected chi connectivity index (χ2v) is 8.30. The van der Waals surface area contributed by atoms with E-state index in [-0.39, 0.29) is 16.7 Å². The monoisotopic (exact) mass is 315 g/mol. The topological polar surface area (TPSA) is 42.2 Å². The number of amides is 1. The molecule has 1 amide bonds. The van der Waals surface area contributed by atoms with Gasteiger partial charge in [0.25, 0.3) is 0 Å². The van der Waals surface area contributed by atoms with Crippen molar-refractivity contribution in [1.82, 2.24) is 5.32 Å². The predicted octanol–water partition coefficient (Wildman–Crippen LogP) is 4.84. The summed E-state index contributed by atoms with van der Waals surface area (Å²) in [6, 6.07) is 2.04. The third-order valence-corrected chi connectivity index (χ3v) is 6.33. The zero-order chi connectivity index (χ0) is 16.7. The van der Waals surface area contributed by atoms with Gasteiger partial charge in [-0.15, -0.1) is 0 Å². The predicted molar refractivity (Wildman–Crippen MR) is 91.7 cm³/mol. The van der Waals surface area contributed by atoms with Crippen molar-refractivity contribution in [2.45, 2.75) is 66.2 Å². The Morgan fingerprint density at radius 1 is 1.26 bits per heavy atom. The molecule has 0 unspecified atom stereocenters. The first-order chi connectivity index (χ1) is 10.8. The molecule has 2 atom stereocenters. The number of hydrogen-bond acceptors (Lipinski definition) is 2. The summed E-state index contributed by atoms with van der Waals surface area (Å²) in [5.74, 6) is 0.604. The number of furan rings is 1. The van der Waals surface area contributed by atoms with Crippen molar-refractivity contribution in [3.05, 3.63) is 35.4 Å². The average molecular weight is 315 g/mol. The van der Waals surface area contributed by atoms with E-state index >= 15 is 0 Å². The molecule has 0 spiro atoms. The van der Waals surface area contributed by atoms with Crippen molar-refractivity contribution in [3.63, 3.8) is 0 Å². The van der Waals surface area contributed by atoms with Crippen LogP contribution in [-0.2, 0) is 11.2 Å². The maximum Gasteiger partial charge on any atom is 0.224 e. The van der Waals surface area contributed by atoms with Gasteiger partial charge in [0.05, 0.1) is 12.5 Å². The minimum atomic E-state index is 0.120. The van der Waals surface area contributed by atoms with Crippen LogP contribution in [0.25, 0.3) is 0 Å². The van der Waals surface area contributed by atoms with E-state index < -0.39 is 0 Å². The molecule has 3 heteroatoms. The fourth-order valence-electron chi connectivity index (χ4n) is 5.11. The maximum atomic E-state index is 12.4. The molecule has 1 aliphatic heterocycles. The Hall–Kier alpha value is -1.51. The fourth-order valence-corrected chi connectivity index (χ4v) is 5.11. The highest BCUT2D eigenvalue weighted by Gasteiger charge is 2.50. The molecule has 3 nitrogen and oxygen atoms in total. The number of hydrogen-bond donors (Lipinski definition) is 1. The van der Waals surface area contributed by atoms with Crippen LogP contribution < -0.4 is 5.32 Å². The summed E-state index contributed by atoms with van der Waals surface area (Å²) >= 11 is 0. The third-order valence-electron chi connectivity index (χ3n) is 6.33. The largest absolute Gasteiger partial charge is 0.472 e. The first-order valence-electron chi connectivity index (χ1n) is 8.84. The van der Waals surface area contributed by atoms with E-state index in [1.807, 2.05) is 12.3 Å². The Balaban J connectivity index is 1.95. The molecule has 2 heterocycles. The molecule has 0 aromatic carbocycles. The Kier molecular flexibility index (Phi) is 4.16. The second kappa shape index (κ2) is 5.85. The van der Waals surface area contributed by atoms with Crippen LogP contribution in [0.15, 0.2) is 34.3 Å². The number of rotatable bonds is 3. The summed E-state index contributed by atoms with van der Waals surface area (Å²) < 4.78 is 5.20. The van der Waals surface area contributed by atoms with E-state index in [4.69, 9.17) is 4.42 Å². The normalized spacial score (nSPS) is 30.6. The average Bonchev–Trinajstić information content (AvgIpc) is 2.93. The van der Waals surface area contributed by atoms with Crippen LogP contribution >= 0.6 is 0 Å². The van der Waals surface area contributed by atoms with Crippen LogP contribution in [0, 0.1) is 16.7 Å². The molecule has 1 aromatic rings. The zero-order valence-corrected chi connectivity index (χ0v) is 14.9. The molecular weight excluding hydrogens is 286 g/mol. The smallest absolute Gasteiger partial charge is 0.224 e. The van der Waals surface area contributed by atoms with Crippen LogP contribution in [0.4, 0.5) is 0 Å². The Labute approximate surface area is 139 Å². The van der Waals surface area contributed by atoms with Crippen molar-refractivity contribution in [1.29, 1.82) is 0 Å². The molecule has 23 heavy (non-hydrogen) atoms. The Bertz CT molecular complexity index is 612. The van der Waals surface area contributed by atoms with E-state index in [1.165, 1.54) is 30.4 Å². The number of carbonyl (C=O) groups excluding carboxylic acids is 1. The molecule has 0 bridgehead atoms. The summed E-state index contributed by atoms with van der Waals surface area (Å²) in [7, 11) is 0. The summed E-state index contributed by atoms with van der Waals surface area (Å²) in [5, 5.41) is 3.16. The highest BCUT2D eigenvalue weighted by molar-refractivity contribution is 5.79. The quantitative estimate of drug-likeness (QED) is 0.867. The molecule has 1 aromatic heterocycles. The molecule has 1 fully saturated rings. The standard InChI is InChI=1S/C20H29NO2/c1-14-16(7-6-15-8-11-23-13-15)20(4)10-5-9-19(2,3)17(20)12-18(22)21-14/h8,11,13,17H,5-7,9-10,12H2,1-4H3,(H,21,22)/t17-,20+/m0/s1. The van der Waals surface area contributed by atoms with Crippen molar-refractivity contribution >= 4 is 5.91 Å². The van der Waals surface area contributed by atoms with E-state index in [2.05, 4.69) is 33.0 Å². The van der Waals surface area contributed by atoms with Gasteiger partial charge in [-0.05, 0) is 66.6 Å². The highest BCUT2D eigenvalue weighted by atomic mass is 16.3. The van der Waals surface area contributed by atoms with Crippen LogP contribution in [-0.4, -0.2) is 5.91 Å². The van der Waals surface area contributed by atoms with E-state index in [0.717, 1.165) is 18.5 Å². The Morgan fingerprint density at radius 2 is 2.04 bits per heavy atom. The lowest BCUT2D eigenvalue weighted by Crippen LogP contribution is -2.43. The van der Waals surface area contributed by atoms with E-state index in [1.54, 1.807) is 6.26 Å². The van der Waals surface area contributed by atoms with Crippen LogP contribution in [0.2, 0.25) is 0 Å². The maximum absolute atomic E-state index is 12.4. The fraction of sp³-hybridized carbons (Fsp3) is 0.650. The van der Waals surface area contributed by atoms with Crippen LogP contribution in [0.5, 0.6) is 0 Å². The van der Waals surface area contributed by atoms with Gasteiger partial charge in [-0.2, -0.15) is 0 Å². The number of nitrogens with one attached hydrogen (secondary N) is 1. The van der Waals surface area contributed by atoms with Gasteiger partial charge >= 0.3 is 0 Å². The van der Waals surface area contributed by atoms with Crippen molar-refractivity contribution < 1.29 is 9.21 Å². The lowest BCUT2D eigenvalue weighted by atomic mass is 9.53. The lowest BCUT2D eigenvalue weighted by molar-refractivity contribution is -0.124. The number of fused-ring (bicyclic) bond motifs is 1. The molecule has 3 rings (SSSR count). The van der Waals surface area contributed by atoms with Gasteiger partial charge in [0.1, 0.15) is 0 Å². The van der Waals surface area contributed by atoms with Gasteiger partial charge in [-0.25, -0.2) is 0 Å². The minimum Gasteiger partial charge on any atom is -0.472 e. The number of carbonyl (C=O) groups is 1. The SMILES string of the molecule is CC1=C(CCc2ccoc2)[C@@]2(C)CCCC(C)(C)[C@@H]2CC(=O)N1. The van der Waals surface area contributed by atoms with Crippen molar-refractivity contribution in [2.24, 2.45) is 16.7 Å². The summed E-state index contributed by atoms with van der Waals surface area (Å²) in [6.45, 7) is 9.16. The zero-order valence-electron chi connectivity index (χ0n) is 14.9. The second-order valence-electron chi connectivity index (χ2n) is 8.30. The van der Waals surface area contributed by atoms with Gasteiger partial charge in [-0.1, -0.05) is 27.2 Å². The molecule has 1 aliphatic carbocycles. The number of aryl methyl sites for hydroxylation is 1. The molecule has 0 radical (unpaired) electrons. The van der Waals surface area contributed by atoms with Gasteiger partial charge in [0.2, 0.25) is 5.91 Å². The molecule has 2 aliphatic rings. The molecule has 0 saturated heterocycles. The molecule has 1 N–H and O–H groups in total. The van der Waals surface area contributed by atoms with Crippen molar-refractivity contribution in [3.8, 4) is 0 Å². The van der Waals surface area contributed by atoms with Gasteiger partial charge in [-0.3, -0.25) is 4.79 Å². The van der Waals surface area contributed by atoms with Crippen LogP contribution in [0.1, 0.15) is 65.4 Å². The Morgan fingerprint density at radius 3 is 2.74 bits per heavy atom. The molecule has 126 valence electrons. The van der Waals surface area contributed by atoms with Gasteiger partial charge in [0.15, 0.2) is 0 Å². The van der Waals surface area contributed by atoms with Gasteiger partial charge < -0.3 is 9.73 Å². The first kappa shape index (κ1) is 16.4. The van der Waals surface area contributed by atoms with Crippen LogP contribution in [0.3, 0.4) is 0 Å².